The molecule has 0 amide bonds. The molecule has 3 nitrogen and oxygen atoms in total. The Morgan fingerprint density at radius 1 is 1.19 bits per heavy atom. The van der Waals surface area contributed by atoms with Crippen molar-refractivity contribution in [1.82, 2.24) is 0 Å². The Balaban J connectivity index is 1.76. The molecule has 4 heteroatoms. The molecular formula is C17H21FO3. The molecule has 0 bridgehead atoms. The largest absolute Gasteiger partial charge is 0.493 e. The highest BCUT2D eigenvalue weighted by atomic mass is 19.1. The fraction of sp³-hybridized carbons (Fsp3) is 0.588. The molecule has 0 spiro atoms. The Labute approximate surface area is 124 Å². The van der Waals surface area contributed by atoms with E-state index in [1.165, 1.54) is 44.2 Å². The van der Waals surface area contributed by atoms with Crippen molar-refractivity contribution in [2.75, 3.05) is 6.61 Å². The van der Waals surface area contributed by atoms with Crippen molar-refractivity contribution in [3.05, 3.63) is 29.1 Å². The predicted molar refractivity (Wildman–Crippen MR) is 77.4 cm³/mol. The summed E-state index contributed by atoms with van der Waals surface area (Å²) in [4.78, 5) is 11.1. The van der Waals surface area contributed by atoms with Gasteiger partial charge in [0, 0.05) is 6.07 Å². The summed E-state index contributed by atoms with van der Waals surface area (Å²) in [5.74, 6) is -0.484. The first-order chi connectivity index (χ1) is 10.1. The first-order valence-electron chi connectivity index (χ1n) is 7.84. The lowest BCUT2D eigenvalue weighted by molar-refractivity contribution is 0.0691. The number of hydrogen-bond acceptors (Lipinski definition) is 2. The monoisotopic (exact) mass is 292 g/mol. The first kappa shape index (κ1) is 14.4. The Hall–Kier alpha value is -1.58. The van der Waals surface area contributed by atoms with Crippen LogP contribution in [-0.2, 0) is 0 Å². The number of carbonyl (C=O) groups is 1. The lowest BCUT2D eigenvalue weighted by Gasteiger charge is -2.22. The molecule has 2 aliphatic rings. The third-order valence-corrected chi connectivity index (χ3v) is 4.55. The average molecular weight is 292 g/mol. The smallest absolute Gasteiger partial charge is 0.338 e. The third-order valence-electron chi connectivity index (χ3n) is 4.55. The lowest BCUT2D eigenvalue weighted by atomic mass is 9.90. The fourth-order valence-corrected chi connectivity index (χ4v) is 3.14. The lowest BCUT2D eigenvalue weighted by Crippen LogP contribution is -2.16. The molecule has 0 radical (unpaired) electrons. The number of halogens is 1. The molecule has 0 unspecified atom stereocenters. The van der Waals surface area contributed by atoms with Crippen LogP contribution in [0.5, 0.6) is 5.75 Å². The van der Waals surface area contributed by atoms with E-state index in [0.717, 1.165) is 18.4 Å². The minimum Gasteiger partial charge on any atom is -0.493 e. The number of carboxylic acid groups (broad SMARTS) is 1. The van der Waals surface area contributed by atoms with Crippen molar-refractivity contribution in [2.45, 2.75) is 50.9 Å². The Bertz CT molecular complexity index is 531. The zero-order valence-electron chi connectivity index (χ0n) is 12.1. The molecule has 2 fully saturated rings. The Kier molecular flexibility index (Phi) is 4.13. The number of carboxylic acids is 1. The van der Waals surface area contributed by atoms with Gasteiger partial charge < -0.3 is 9.84 Å². The second-order valence-corrected chi connectivity index (χ2v) is 6.26. The summed E-state index contributed by atoms with van der Waals surface area (Å²) in [5.41, 5.74) is 0.617. The molecule has 1 aromatic rings. The molecule has 0 aliphatic heterocycles. The molecule has 0 heterocycles. The van der Waals surface area contributed by atoms with Gasteiger partial charge in [-0.05, 0) is 49.1 Å². The number of rotatable bonds is 5. The number of hydrogen-bond donors (Lipinski definition) is 1. The number of aromatic carboxylic acids is 1. The minimum atomic E-state index is -1.21. The molecule has 21 heavy (non-hydrogen) atoms. The van der Waals surface area contributed by atoms with Gasteiger partial charge in [-0.3, -0.25) is 0 Å². The maximum Gasteiger partial charge on any atom is 0.338 e. The molecule has 0 saturated heterocycles. The molecular weight excluding hydrogens is 271 g/mol. The summed E-state index contributed by atoms with van der Waals surface area (Å²) in [6.45, 7) is 0.617. The van der Waals surface area contributed by atoms with Crippen molar-refractivity contribution in [3.8, 4) is 5.75 Å². The molecule has 2 saturated carbocycles. The SMILES string of the molecule is O=C(O)c1cc(C2CC2)c(OCC2CCCCC2)cc1F. The van der Waals surface area contributed by atoms with Crippen LogP contribution in [0.15, 0.2) is 12.1 Å². The van der Waals surface area contributed by atoms with Crippen molar-refractivity contribution in [2.24, 2.45) is 5.92 Å². The summed E-state index contributed by atoms with van der Waals surface area (Å²) >= 11 is 0. The van der Waals surface area contributed by atoms with Crippen LogP contribution in [0.3, 0.4) is 0 Å². The molecule has 2 aliphatic carbocycles. The Morgan fingerprint density at radius 3 is 2.52 bits per heavy atom. The van der Waals surface area contributed by atoms with Crippen LogP contribution in [0.4, 0.5) is 4.39 Å². The van der Waals surface area contributed by atoms with Gasteiger partial charge in [0.05, 0.1) is 12.2 Å². The standard InChI is InChI=1S/C17H21FO3/c18-15-9-16(21-10-11-4-2-1-3-5-11)13(12-6-7-12)8-14(15)17(19)20/h8-9,11-12H,1-7,10H2,(H,19,20). The zero-order chi connectivity index (χ0) is 14.8. The maximum atomic E-state index is 13.9. The number of benzene rings is 1. The van der Waals surface area contributed by atoms with Crippen LogP contribution < -0.4 is 4.74 Å². The zero-order valence-corrected chi connectivity index (χ0v) is 12.1. The van der Waals surface area contributed by atoms with E-state index in [2.05, 4.69) is 0 Å². The molecule has 1 N–H and O–H groups in total. The van der Waals surface area contributed by atoms with Gasteiger partial charge in [0.15, 0.2) is 0 Å². The van der Waals surface area contributed by atoms with Crippen LogP contribution in [0.1, 0.15) is 66.8 Å². The third kappa shape index (κ3) is 3.36. The van der Waals surface area contributed by atoms with Crippen molar-refractivity contribution in [1.29, 1.82) is 0 Å². The second kappa shape index (κ2) is 6.04. The van der Waals surface area contributed by atoms with Crippen LogP contribution >= 0.6 is 0 Å². The normalized spacial score (nSPS) is 19.5. The van der Waals surface area contributed by atoms with Crippen molar-refractivity contribution < 1.29 is 19.0 Å². The second-order valence-electron chi connectivity index (χ2n) is 6.26. The highest BCUT2D eigenvalue weighted by molar-refractivity contribution is 5.88. The summed E-state index contributed by atoms with van der Waals surface area (Å²) in [5, 5.41) is 9.04. The minimum absolute atomic E-state index is 0.248. The van der Waals surface area contributed by atoms with E-state index in [4.69, 9.17) is 9.84 Å². The highest BCUT2D eigenvalue weighted by Gasteiger charge is 2.29. The van der Waals surface area contributed by atoms with Gasteiger partial charge in [-0.25, -0.2) is 9.18 Å². The summed E-state index contributed by atoms with van der Waals surface area (Å²) in [6.07, 6.45) is 8.20. The van der Waals surface area contributed by atoms with Gasteiger partial charge in [0.2, 0.25) is 0 Å². The summed E-state index contributed by atoms with van der Waals surface area (Å²) < 4.78 is 19.7. The van der Waals surface area contributed by atoms with E-state index in [-0.39, 0.29) is 5.56 Å². The molecule has 1 aromatic carbocycles. The van der Waals surface area contributed by atoms with Gasteiger partial charge in [-0.1, -0.05) is 19.3 Å². The van der Waals surface area contributed by atoms with E-state index in [1.54, 1.807) is 0 Å². The first-order valence-corrected chi connectivity index (χ1v) is 7.84. The maximum absolute atomic E-state index is 13.9. The fourth-order valence-electron chi connectivity index (χ4n) is 3.14. The van der Waals surface area contributed by atoms with Gasteiger partial charge >= 0.3 is 5.97 Å². The van der Waals surface area contributed by atoms with Crippen molar-refractivity contribution >= 4 is 5.97 Å². The summed E-state index contributed by atoms with van der Waals surface area (Å²) in [6, 6.07) is 2.73. The van der Waals surface area contributed by atoms with E-state index < -0.39 is 11.8 Å². The van der Waals surface area contributed by atoms with Crippen molar-refractivity contribution in [3.63, 3.8) is 0 Å². The molecule has 0 atom stereocenters. The van der Waals surface area contributed by atoms with E-state index in [9.17, 15) is 9.18 Å². The van der Waals surface area contributed by atoms with Gasteiger partial charge in [0.1, 0.15) is 11.6 Å². The average Bonchev–Trinajstić information content (AvgIpc) is 3.30. The van der Waals surface area contributed by atoms with Crippen LogP contribution in [0, 0.1) is 11.7 Å². The van der Waals surface area contributed by atoms with Crippen LogP contribution in [-0.4, -0.2) is 17.7 Å². The van der Waals surface area contributed by atoms with E-state index in [0.29, 0.717) is 24.2 Å². The topological polar surface area (TPSA) is 46.5 Å². The molecule has 3 rings (SSSR count). The summed E-state index contributed by atoms with van der Waals surface area (Å²) in [7, 11) is 0. The van der Waals surface area contributed by atoms with Crippen LogP contribution in [0.2, 0.25) is 0 Å². The number of ether oxygens (including phenoxy) is 1. The van der Waals surface area contributed by atoms with E-state index in [1.807, 2.05) is 0 Å². The van der Waals surface area contributed by atoms with Crippen LogP contribution in [0.25, 0.3) is 0 Å². The molecule has 114 valence electrons. The predicted octanol–water partition coefficient (Wildman–Crippen LogP) is 4.36. The quantitative estimate of drug-likeness (QED) is 0.877. The van der Waals surface area contributed by atoms with Gasteiger partial charge in [-0.15, -0.1) is 0 Å². The van der Waals surface area contributed by atoms with Gasteiger partial charge in [-0.2, -0.15) is 0 Å². The molecule has 0 aromatic heterocycles. The Morgan fingerprint density at radius 2 is 1.90 bits per heavy atom. The van der Waals surface area contributed by atoms with Gasteiger partial charge in [0.25, 0.3) is 0 Å². The van der Waals surface area contributed by atoms with E-state index >= 15 is 0 Å². The highest BCUT2D eigenvalue weighted by Crippen LogP contribution is 2.45.